The van der Waals surface area contributed by atoms with Gasteiger partial charge < -0.3 is 10.1 Å². The van der Waals surface area contributed by atoms with Crippen molar-refractivity contribution < 1.29 is 9.13 Å². The zero-order chi connectivity index (χ0) is 13.7. The lowest BCUT2D eigenvalue weighted by atomic mass is 10.0. The molecule has 0 saturated carbocycles. The Morgan fingerprint density at radius 2 is 1.89 bits per heavy atom. The second-order valence-electron chi connectivity index (χ2n) is 4.39. The summed E-state index contributed by atoms with van der Waals surface area (Å²) in [4.78, 5) is 0. The van der Waals surface area contributed by atoms with E-state index >= 15 is 0 Å². The monoisotopic (exact) mass is 259 g/mol. The van der Waals surface area contributed by atoms with Crippen LogP contribution < -0.4 is 10.1 Å². The van der Waals surface area contributed by atoms with E-state index in [2.05, 4.69) is 12.2 Å². The highest BCUT2D eigenvalue weighted by Gasteiger charge is 2.09. The quantitative estimate of drug-likeness (QED) is 0.859. The first-order chi connectivity index (χ1) is 9.22. The van der Waals surface area contributed by atoms with Crippen LogP contribution in [-0.4, -0.2) is 7.11 Å². The molecule has 2 nitrogen and oxygen atoms in total. The number of halogens is 1. The van der Waals surface area contributed by atoms with Crippen LogP contribution in [0.3, 0.4) is 0 Å². The summed E-state index contributed by atoms with van der Waals surface area (Å²) in [6.07, 6.45) is 0.919. The zero-order valence-electron chi connectivity index (χ0n) is 11.2. The summed E-state index contributed by atoms with van der Waals surface area (Å²) >= 11 is 0. The maximum atomic E-state index is 13.2. The number of ether oxygens (including phenoxy) is 1. The van der Waals surface area contributed by atoms with Gasteiger partial charge in [0.2, 0.25) is 0 Å². The normalized spacial score (nSPS) is 11.9. The van der Waals surface area contributed by atoms with Crippen LogP contribution in [0, 0.1) is 5.82 Å². The van der Waals surface area contributed by atoms with Gasteiger partial charge in [-0.2, -0.15) is 0 Å². The SMILES string of the molecule is CCC(Nc1cccc(F)c1)c1ccc(OC)cc1. The summed E-state index contributed by atoms with van der Waals surface area (Å²) in [7, 11) is 1.65. The van der Waals surface area contributed by atoms with Crippen LogP contribution >= 0.6 is 0 Å². The Morgan fingerprint density at radius 1 is 1.16 bits per heavy atom. The fourth-order valence-electron chi connectivity index (χ4n) is 2.04. The molecule has 0 amide bonds. The van der Waals surface area contributed by atoms with E-state index in [1.54, 1.807) is 13.2 Å². The van der Waals surface area contributed by atoms with E-state index in [0.717, 1.165) is 23.4 Å². The molecule has 2 rings (SSSR count). The van der Waals surface area contributed by atoms with E-state index in [1.807, 2.05) is 30.3 Å². The molecule has 3 heteroatoms. The summed E-state index contributed by atoms with van der Waals surface area (Å²) < 4.78 is 18.3. The van der Waals surface area contributed by atoms with E-state index in [0.29, 0.717) is 0 Å². The summed E-state index contributed by atoms with van der Waals surface area (Å²) in [5.74, 6) is 0.610. The fraction of sp³-hybridized carbons (Fsp3) is 0.250. The number of hydrogen-bond donors (Lipinski definition) is 1. The summed E-state index contributed by atoms with van der Waals surface area (Å²) in [6, 6.07) is 14.6. The Hall–Kier alpha value is -2.03. The van der Waals surface area contributed by atoms with Crippen LogP contribution in [0.4, 0.5) is 10.1 Å². The predicted octanol–water partition coefficient (Wildman–Crippen LogP) is 4.40. The zero-order valence-corrected chi connectivity index (χ0v) is 11.2. The van der Waals surface area contributed by atoms with Gasteiger partial charge in [-0.25, -0.2) is 4.39 Å². The fourth-order valence-corrected chi connectivity index (χ4v) is 2.04. The van der Waals surface area contributed by atoms with Crippen molar-refractivity contribution in [1.82, 2.24) is 0 Å². The topological polar surface area (TPSA) is 21.3 Å². The van der Waals surface area contributed by atoms with Crippen LogP contribution in [0.15, 0.2) is 48.5 Å². The molecule has 0 bridgehead atoms. The van der Waals surface area contributed by atoms with E-state index < -0.39 is 0 Å². The van der Waals surface area contributed by atoms with Crippen molar-refractivity contribution in [1.29, 1.82) is 0 Å². The third-order valence-electron chi connectivity index (χ3n) is 3.09. The first-order valence-corrected chi connectivity index (χ1v) is 6.39. The Kier molecular flexibility index (Phi) is 4.39. The molecule has 0 aliphatic heterocycles. The average Bonchev–Trinajstić information content (AvgIpc) is 2.45. The Morgan fingerprint density at radius 3 is 2.47 bits per heavy atom. The number of anilines is 1. The molecule has 0 heterocycles. The van der Waals surface area contributed by atoms with Crippen molar-refractivity contribution in [3.8, 4) is 5.75 Å². The van der Waals surface area contributed by atoms with Crippen molar-refractivity contribution in [2.45, 2.75) is 19.4 Å². The van der Waals surface area contributed by atoms with Crippen molar-refractivity contribution in [3.05, 3.63) is 59.9 Å². The van der Waals surface area contributed by atoms with E-state index in [1.165, 1.54) is 12.1 Å². The van der Waals surface area contributed by atoms with Gasteiger partial charge in [-0.05, 0) is 42.3 Å². The van der Waals surface area contributed by atoms with Gasteiger partial charge in [-0.3, -0.25) is 0 Å². The molecule has 1 atom stereocenters. The largest absolute Gasteiger partial charge is 0.497 e. The molecule has 2 aromatic rings. The number of hydrogen-bond acceptors (Lipinski definition) is 2. The lowest BCUT2D eigenvalue weighted by Crippen LogP contribution is -2.09. The third kappa shape index (κ3) is 3.47. The van der Waals surface area contributed by atoms with Gasteiger partial charge in [0.05, 0.1) is 13.2 Å². The van der Waals surface area contributed by atoms with E-state index in [-0.39, 0.29) is 11.9 Å². The first kappa shape index (κ1) is 13.4. The second kappa shape index (κ2) is 6.23. The second-order valence-corrected chi connectivity index (χ2v) is 4.39. The highest BCUT2D eigenvalue weighted by Crippen LogP contribution is 2.24. The van der Waals surface area contributed by atoms with Gasteiger partial charge in [0.1, 0.15) is 11.6 Å². The molecular formula is C16H18FNO. The summed E-state index contributed by atoms with van der Waals surface area (Å²) in [5, 5.41) is 3.34. The lowest BCUT2D eigenvalue weighted by Gasteiger charge is -2.19. The smallest absolute Gasteiger partial charge is 0.125 e. The molecule has 0 fully saturated rings. The minimum atomic E-state index is -0.227. The number of nitrogens with one attached hydrogen (secondary N) is 1. The van der Waals surface area contributed by atoms with Gasteiger partial charge in [0, 0.05) is 5.69 Å². The minimum Gasteiger partial charge on any atom is -0.497 e. The number of rotatable bonds is 5. The number of benzene rings is 2. The molecule has 0 radical (unpaired) electrons. The van der Waals surface area contributed by atoms with Crippen LogP contribution in [0.2, 0.25) is 0 Å². The summed E-state index contributed by atoms with van der Waals surface area (Å²) in [6.45, 7) is 2.10. The molecule has 2 aromatic carbocycles. The van der Waals surface area contributed by atoms with Gasteiger partial charge >= 0.3 is 0 Å². The van der Waals surface area contributed by atoms with Gasteiger partial charge in [-0.15, -0.1) is 0 Å². The van der Waals surface area contributed by atoms with Crippen LogP contribution in [0.5, 0.6) is 5.75 Å². The first-order valence-electron chi connectivity index (χ1n) is 6.39. The molecule has 19 heavy (non-hydrogen) atoms. The maximum Gasteiger partial charge on any atom is 0.125 e. The highest BCUT2D eigenvalue weighted by atomic mass is 19.1. The lowest BCUT2D eigenvalue weighted by molar-refractivity contribution is 0.414. The van der Waals surface area contributed by atoms with Crippen molar-refractivity contribution in [3.63, 3.8) is 0 Å². The van der Waals surface area contributed by atoms with Gasteiger partial charge in [0.15, 0.2) is 0 Å². The molecule has 0 aliphatic carbocycles. The molecule has 1 N–H and O–H groups in total. The third-order valence-corrected chi connectivity index (χ3v) is 3.09. The van der Waals surface area contributed by atoms with Crippen molar-refractivity contribution >= 4 is 5.69 Å². The molecule has 0 saturated heterocycles. The Labute approximate surface area is 113 Å². The average molecular weight is 259 g/mol. The molecule has 0 aliphatic rings. The Balaban J connectivity index is 2.15. The highest BCUT2D eigenvalue weighted by molar-refractivity contribution is 5.46. The number of methoxy groups -OCH3 is 1. The standard InChI is InChI=1S/C16H18FNO/c1-3-16(12-7-9-15(19-2)10-8-12)18-14-6-4-5-13(17)11-14/h4-11,16,18H,3H2,1-2H3. The van der Waals surface area contributed by atoms with Crippen molar-refractivity contribution in [2.24, 2.45) is 0 Å². The van der Waals surface area contributed by atoms with Crippen LogP contribution in [0.25, 0.3) is 0 Å². The Bertz CT molecular complexity index is 525. The van der Waals surface area contributed by atoms with Gasteiger partial charge in [0.25, 0.3) is 0 Å². The summed E-state index contributed by atoms with van der Waals surface area (Å²) in [5.41, 5.74) is 1.95. The van der Waals surface area contributed by atoms with E-state index in [9.17, 15) is 4.39 Å². The molecule has 100 valence electrons. The van der Waals surface area contributed by atoms with Crippen LogP contribution in [-0.2, 0) is 0 Å². The molecule has 0 spiro atoms. The predicted molar refractivity (Wildman–Crippen MR) is 76.0 cm³/mol. The minimum absolute atomic E-state index is 0.160. The maximum absolute atomic E-state index is 13.2. The van der Waals surface area contributed by atoms with Crippen LogP contribution in [0.1, 0.15) is 24.9 Å². The molecular weight excluding hydrogens is 241 g/mol. The molecule has 1 unspecified atom stereocenters. The van der Waals surface area contributed by atoms with Crippen molar-refractivity contribution in [2.75, 3.05) is 12.4 Å². The van der Waals surface area contributed by atoms with E-state index in [4.69, 9.17) is 4.74 Å². The molecule has 0 aromatic heterocycles. The van der Waals surface area contributed by atoms with Gasteiger partial charge in [-0.1, -0.05) is 25.1 Å².